The maximum absolute atomic E-state index is 12.6. The highest BCUT2D eigenvalue weighted by molar-refractivity contribution is 6.31. The average Bonchev–Trinajstić information content (AvgIpc) is 3.12. The predicted molar refractivity (Wildman–Crippen MR) is 108 cm³/mol. The van der Waals surface area contributed by atoms with Crippen molar-refractivity contribution < 1.29 is 14.3 Å². The third-order valence-electron chi connectivity index (χ3n) is 5.05. The molecule has 0 aliphatic carbocycles. The van der Waals surface area contributed by atoms with Crippen molar-refractivity contribution in [3.8, 4) is 11.5 Å². The van der Waals surface area contributed by atoms with E-state index < -0.39 is 0 Å². The van der Waals surface area contributed by atoms with Crippen LogP contribution in [0.2, 0.25) is 5.02 Å². The highest BCUT2D eigenvalue weighted by Crippen LogP contribution is 2.38. The number of hydrogen-bond donors (Lipinski definition) is 1. The summed E-state index contributed by atoms with van der Waals surface area (Å²) in [5.41, 5.74) is 2.68. The molecule has 6 heteroatoms. The van der Waals surface area contributed by atoms with Crippen LogP contribution in [0.15, 0.2) is 36.4 Å². The van der Waals surface area contributed by atoms with Gasteiger partial charge in [0, 0.05) is 22.3 Å². The zero-order chi connectivity index (χ0) is 19.4. The number of nitrogens with one attached hydrogen (secondary N) is 1. The second kappa shape index (κ2) is 8.63. The second-order valence-electron chi connectivity index (χ2n) is 6.70. The first-order chi connectivity index (χ1) is 13.0. The molecule has 0 saturated carbocycles. The molecule has 5 nitrogen and oxygen atoms in total. The van der Waals surface area contributed by atoms with Gasteiger partial charge in [-0.3, -0.25) is 9.69 Å². The number of ether oxygens (including phenoxy) is 2. The molecule has 1 heterocycles. The lowest BCUT2D eigenvalue weighted by Gasteiger charge is -2.26. The quantitative estimate of drug-likeness (QED) is 0.794. The zero-order valence-corrected chi connectivity index (χ0v) is 16.7. The Labute approximate surface area is 165 Å². The lowest BCUT2D eigenvalue weighted by molar-refractivity contribution is -0.117. The Kier molecular flexibility index (Phi) is 6.24. The molecule has 1 amide bonds. The minimum Gasteiger partial charge on any atom is -0.497 e. The standard InChI is InChI=1S/C21H25ClN2O3/c1-14-17(22)6-4-7-18(14)23-21(25)13-24-11-5-8-19(24)16-12-15(26-2)9-10-20(16)27-3/h4,6-7,9-10,12,19H,5,8,11,13H2,1-3H3,(H,23,25). The number of methoxy groups -OCH3 is 2. The van der Waals surface area contributed by atoms with Crippen LogP contribution in [-0.4, -0.2) is 38.1 Å². The fourth-order valence-corrected chi connectivity index (χ4v) is 3.76. The van der Waals surface area contributed by atoms with Crippen LogP contribution in [0.5, 0.6) is 11.5 Å². The van der Waals surface area contributed by atoms with E-state index in [1.807, 2.05) is 43.3 Å². The van der Waals surface area contributed by atoms with E-state index in [-0.39, 0.29) is 11.9 Å². The van der Waals surface area contributed by atoms with E-state index in [1.165, 1.54) is 0 Å². The Morgan fingerprint density at radius 1 is 1.26 bits per heavy atom. The van der Waals surface area contributed by atoms with Gasteiger partial charge in [0.25, 0.3) is 0 Å². The van der Waals surface area contributed by atoms with Gasteiger partial charge in [0.1, 0.15) is 11.5 Å². The van der Waals surface area contributed by atoms with Crippen molar-refractivity contribution in [2.75, 3.05) is 32.6 Å². The lowest BCUT2D eigenvalue weighted by atomic mass is 10.0. The van der Waals surface area contributed by atoms with Crippen molar-refractivity contribution in [2.45, 2.75) is 25.8 Å². The minimum absolute atomic E-state index is 0.0471. The molecule has 1 unspecified atom stereocenters. The van der Waals surface area contributed by atoms with E-state index in [1.54, 1.807) is 14.2 Å². The van der Waals surface area contributed by atoms with Crippen molar-refractivity contribution in [1.82, 2.24) is 4.90 Å². The van der Waals surface area contributed by atoms with E-state index in [0.29, 0.717) is 11.6 Å². The van der Waals surface area contributed by atoms with Crippen LogP contribution in [0.25, 0.3) is 0 Å². The van der Waals surface area contributed by atoms with Crippen molar-refractivity contribution in [1.29, 1.82) is 0 Å². The number of carbonyl (C=O) groups excluding carboxylic acids is 1. The Bertz CT molecular complexity index is 825. The zero-order valence-electron chi connectivity index (χ0n) is 15.9. The summed E-state index contributed by atoms with van der Waals surface area (Å²) in [6.45, 7) is 3.08. The van der Waals surface area contributed by atoms with Crippen molar-refractivity contribution in [3.05, 3.63) is 52.5 Å². The fraction of sp³-hybridized carbons (Fsp3) is 0.381. The molecule has 0 bridgehead atoms. The van der Waals surface area contributed by atoms with Gasteiger partial charge < -0.3 is 14.8 Å². The molecule has 27 heavy (non-hydrogen) atoms. The molecule has 1 aliphatic rings. The third-order valence-corrected chi connectivity index (χ3v) is 5.46. The highest BCUT2D eigenvalue weighted by Gasteiger charge is 2.30. The number of nitrogens with zero attached hydrogens (tertiary/aromatic N) is 1. The number of rotatable bonds is 6. The molecule has 1 fully saturated rings. The van der Waals surface area contributed by atoms with Gasteiger partial charge in [-0.1, -0.05) is 17.7 Å². The molecule has 2 aromatic rings. The van der Waals surface area contributed by atoms with Gasteiger partial charge >= 0.3 is 0 Å². The van der Waals surface area contributed by atoms with E-state index in [4.69, 9.17) is 21.1 Å². The number of hydrogen-bond acceptors (Lipinski definition) is 4. The predicted octanol–water partition coefficient (Wildman–Crippen LogP) is 4.44. The van der Waals surface area contributed by atoms with Crippen molar-refractivity contribution in [2.24, 2.45) is 0 Å². The van der Waals surface area contributed by atoms with Crippen LogP contribution in [-0.2, 0) is 4.79 Å². The summed E-state index contributed by atoms with van der Waals surface area (Å²) in [5.74, 6) is 1.56. The molecule has 1 saturated heterocycles. The summed E-state index contributed by atoms with van der Waals surface area (Å²) in [7, 11) is 3.32. The monoisotopic (exact) mass is 388 g/mol. The van der Waals surface area contributed by atoms with Crippen LogP contribution in [0.3, 0.4) is 0 Å². The Morgan fingerprint density at radius 3 is 2.81 bits per heavy atom. The molecular weight excluding hydrogens is 364 g/mol. The highest BCUT2D eigenvalue weighted by atomic mass is 35.5. The molecule has 3 rings (SSSR count). The molecule has 1 aliphatic heterocycles. The molecule has 0 aromatic heterocycles. The van der Waals surface area contributed by atoms with E-state index >= 15 is 0 Å². The number of benzene rings is 2. The van der Waals surface area contributed by atoms with Gasteiger partial charge in [-0.05, 0) is 62.2 Å². The first-order valence-electron chi connectivity index (χ1n) is 9.04. The maximum atomic E-state index is 12.6. The number of anilines is 1. The molecule has 144 valence electrons. The summed E-state index contributed by atoms with van der Waals surface area (Å²) in [6.07, 6.45) is 2.02. The first-order valence-corrected chi connectivity index (χ1v) is 9.42. The van der Waals surface area contributed by atoms with Gasteiger partial charge in [0.15, 0.2) is 0 Å². The van der Waals surface area contributed by atoms with Crippen LogP contribution in [0.4, 0.5) is 5.69 Å². The summed E-state index contributed by atoms with van der Waals surface area (Å²) in [5, 5.41) is 3.63. The number of carbonyl (C=O) groups is 1. The molecular formula is C21H25ClN2O3. The molecule has 0 spiro atoms. The third kappa shape index (κ3) is 4.37. The van der Waals surface area contributed by atoms with Crippen LogP contribution < -0.4 is 14.8 Å². The molecule has 2 aromatic carbocycles. The topological polar surface area (TPSA) is 50.8 Å². The molecule has 1 atom stereocenters. The van der Waals surface area contributed by atoms with Crippen molar-refractivity contribution in [3.63, 3.8) is 0 Å². The van der Waals surface area contributed by atoms with Gasteiger partial charge in [0.2, 0.25) is 5.91 Å². The smallest absolute Gasteiger partial charge is 0.238 e. The summed E-state index contributed by atoms with van der Waals surface area (Å²) in [6, 6.07) is 11.5. The van der Waals surface area contributed by atoms with Gasteiger partial charge in [-0.2, -0.15) is 0 Å². The number of likely N-dealkylation sites (tertiary alicyclic amines) is 1. The van der Waals surface area contributed by atoms with Gasteiger partial charge in [0.05, 0.1) is 20.8 Å². The largest absolute Gasteiger partial charge is 0.497 e. The van der Waals surface area contributed by atoms with Crippen LogP contribution >= 0.6 is 11.6 Å². The van der Waals surface area contributed by atoms with E-state index in [0.717, 1.165) is 47.7 Å². The Morgan fingerprint density at radius 2 is 2.07 bits per heavy atom. The second-order valence-corrected chi connectivity index (χ2v) is 7.10. The van der Waals surface area contributed by atoms with Crippen LogP contribution in [0, 0.1) is 6.92 Å². The SMILES string of the molecule is COc1ccc(OC)c(C2CCCN2CC(=O)Nc2cccc(Cl)c2C)c1. The van der Waals surface area contributed by atoms with Gasteiger partial charge in [-0.25, -0.2) is 0 Å². The Hall–Kier alpha value is -2.24. The Balaban J connectivity index is 1.75. The van der Waals surface area contributed by atoms with E-state index in [9.17, 15) is 4.79 Å². The summed E-state index contributed by atoms with van der Waals surface area (Å²) < 4.78 is 10.9. The van der Waals surface area contributed by atoms with Crippen molar-refractivity contribution >= 4 is 23.2 Å². The summed E-state index contributed by atoms with van der Waals surface area (Å²) in [4.78, 5) is 14.8. The fourth-order valence-electron chi connectivity index (χ4n) is 3.58. The lowest BCUT2D eigenvalue weighted by Crippen LogP contribution is -2.33. The number of halogens is 1. The van der Waals surface area contributed by atoms with E-state index in [2.05, 4.69) is 10.2 Å². The van der Waals surface area contributed by atoms with Crippen LogP contribution in [0.1, 0.15) is 30.0 Å². The molecule has 1 N–H and O–H groups in total. The number of amides is 1. The summed E-state index contributed by atoms with van der Waals surface area (Å²) >= 11 is 6.15. The minimum atomic E-state index is -0.0471. The van der Waals surface area contributed by atoms with Gasteiger partial charge in [-0.15, -0.1) is 0 Å². The normalized spacial score (nSPS) is 17.0. The average molecular weight is 389 g/mol. The molecule has 0 radical (unpaired) electrons. The first kappa shape index (κ1) is 19.5. The maximum Gasteiger partial charge on any atom is 0.238 e.